The van der Waals surface area contributed by atoms with Gasteiger partial charge >= 0.3 is 0 Å². The third kappa shape index (κ3) is 4.20. The second kappa shape index (κ2) is 7.48. The van der Waals surface area contributed by atoms with Crippen molar-refractivity contribution in [2.75, 3.05) is 31.2 Å². The second-order valence-corrected chi connectivity index (χ2v) is 5.16. The summed E-state index contributed by atoms with van der Waals surface area (Å²) in [6, 6.07) is 8.32. The van der Waals surface area contributed by atoms with Crippen LogP contribution < -0.4 is 10.2 Å². The number of rotatable bonds is 6. The van der Waals surface area contributed by atoms with Gasteiger partial charge in [0, 0.05) is 25.3 Å². The van der Waals surface area contributed by atoms with Crippen LogP contribution >= 0.6 is 0 Å². The molecule has 0 unspecified atom stereocenters. The highest BCUT2D eigenvalue weighted by molar-refractivity contribution is 5.47. The molecule has 1 aliphatic heterocycles. The monoisotopic (exact) mass is 264 g/mol. The molecule has 0 aliphatic carbocycles. The summed E-state index contributed by atoms with van der Waals surface area (Å²) in [5.74, 6) is 0. The number of hydrogen-bond acceptors (Lipinski definition) is 4. The zero-order chi connectivity index (χ0) is 13.5. The van der Waals surface area contributed by atoms with Gasteiger partial charge in [0.1, 0.15) is 0 Å². The van der Waals surface area contributed by atoms with Crippen LogP contribution in [0.5, 0.6) is 0 Å². The lowest BCUT2D eigenvalue weighted by Gasteiger charge is -2.28. The second-order valence-electron chi connectivity index (χ2n) is 5.16. The van der Waals surface area contributed by atoms with Crippen LogP contribution in [0.1, 0.15) is 24.8 Å². The summed E-state index contributed by atoms with van der Waals surface area (Å²) in [4.78, 5) is 2.44. The number of nitrogens with zero attached hydrogens (tertiary/aromatic N) is 1. The largest absolute Gasteiger partial charge is 0.395 e. The molecule has 0 radical (unpaired) electrons. The first-order chi connectivity index (χ1) is 9.33. The molecule has 0 aromatic heterocycles. The smallest absolute Gasteiger partial charge is 0.0607 e. The van der Waals surface area contributed by atoms with Crippen LogP contribution in [0, 0.1) is 0 Å². The van der Waals surface area contributed by atoms with E-state index in [0.29, 0.717) is 6.54 Å². The number of aliphatic hydroxyl groups excluding tert-OH is 2. The molecule has 106 valence electrons. The Morgan fingerprint density at radius 2 is 1.63 bits per heavy atom. The fraction of sp³-hybridized carbons (Fsp3) is 0.600. The van der Waals surface area contributed by atoms with E-state index in [4.69, 9.17) is 10.2 Å². The maximum atomic E-state index is 8.99. The molecule has 0 saturated carbocycles. The zero-order valence-electron chi connectivity index (χ0n) is 11.4. The van der Waals surface area contributed by atoms with E-state index < -0.39 is 0 Å². The number of benzene rings is 1. The summed E-state index contributed by atoms with van der Waals surface area (Å²) in [7, 11) is 0. The molecule has 1 saturated heterocycles. The number of aliphatic hydroxyl groups is 2. The maximum Gasteiger partial charge on any atom is 0.0607 e. The minimum Gasteiger partial charge on any atom is -0.395 e. The Kier molecular flexibility index (Phi) is 5.63. The Morgan fingerprint density at radius 3 is 2.21 bits per heavy atom. The fourth-order valence-electron chi connectivity index (χ4n) is 2.43. The molecule has 3 N–H and O–H groups in total. The van der Waals surface area contributed by atoms with Crippen LogP contribution in [-0.4, -0.2) is 42.6 Å². The van der Waals surface area contributed by atoms with Crippen LogP contribution in [0.2, 0.25) is 0 Å². The average Bonchev–Trinajstić information content (AvgIpc) is 2.50. The van der Waals surface area contributed by atoms with Gasteiger partial charge in [0.05, 0.1) is 19.3 Å². The van der Waals surface area contributed by atoms with Gasteiger partial charge in [-0.15, -0.1) is 0 Å². The topological polar surface area (TPSA) is 55.7 Å². The van der Waals surface area contributed by atoms with Gasteiger partial charge in [0.2, 0.25) is 0 Å². The van der Waals surface area contributed by atoms with Crippen molar-refractivity contribution < 1.29 is 10.2 Å². The summed E-state index contributed by atoms with van der Waals surface area (Å²) >= 11 is 0. The SMILES string of the molecule is OCC(CO)NCc1ccc(N2CCCCC2)cc1. The molecule has 1 aromatic rings. The molecule has 1 aliphatic rings. The van der Waals surface area contributed by atoms with Crippen molar-refractivity contribution in [3.05, 3.63) is 29.8 Å². The standard InChI is InChI=1S/C15H24N2O2/c18-11-14(12-19)16-10-13-4-6-15(7-5-13)17-8-2-1-3-9-17/h4-7,14,16,18-19H,1-3,8-12H2. The third-order valence-corrected chi connectivity index (χ3v) is 3.69. The highest BCUT2D eigenvalue weighted by Crippen LogP contribution is 2.20. The third-order valence-electron chi connectivity index (χ3n) is 3.69. The fourth-order valence-corrected chi connectivity index (χ4v) is 2.43. The number of hydrogen-bond donors (Lipinski definition) is 3. The van der Waals surface area contributed by atoms with Crippen molar-refractivity contribution in [3.8, 4) is 0 Å². The number of nitrogens with one attached hydrogen (secondary N) is 1. The van der Waals surface area contributed by atoms with E-state index in [-0.39, 0.29) is 19.3 Å². The minimum absolute atomic E-state index is 0.0393. The Balaban J connectivity index is 1.87. The molecule has 0 amide bonds. The quantitative estimate of drug-likeness (QED) is 0.721. The first-order valence-corrected chi connectivity index (χ1v) is 7.12. The van der Waals surface area contributed by atoms with E-state index in [1.807, 2.05) is 0 Å². The first-order valence-electron chi connectivity index (χ1n) is 7.12. The molecule has 0 spiro atoms. The zero-order valence-corrected chi connectivity index (χ0v) is 11.4. The van der Waals surface area contributed by atoms with Crippen LogP contribution in [-0.2, 0) is 6.54 Å². The molecule has 19 heavy (non-hydrogen) atoms. The lowest BCUT2D eigenvalue weighted by molar-refractivity contribution is 0.170. The summed E-state index contributed by atoms with van der Waals surface area (Å²) < 4.78 is 0. The van der Waals surface area contributed by atoms with E-state index in [1.54, 1.807) is 0 Å². The molecule has 4 heteroatoms. The summed E-state index contributed by atoms with van der Waals surface area (Å²) in [5, 5.41) is 21.1. The average molecular weight is 264 g/mol. The predicted molar refractivity (Wildman–Crippen MR) is 77.3 cm³/mol. The first kappa shape index (κ1) is 14.3. The predicted octanol–water partition coefficient (Wildman–Crippen LogP) is 1.12. The lowest BCUT2D eigenvalue weighted by atomic mass is 10.1. The van der Waals surface area contributed by atoms with Crippen molar-refractivity contribution in [2.24, 2.45) is 0 Å². The van der Waals surface area contributed by atoms with E-state index in [1.165, 1.54) is 30.5 Å². The highest BCUT2D eigenvalue weighted by Gasteiger charge is 2.10. The highest BCUT2D eigenvalue weighted by atomic mass is 16.3. The van der Waals surface area contributed by atoms with E-state index in [9.17, 15) is 0 Å². The summed E-state index contributed by atoms with van der Waals surface area (Å²) in [6.07, 6.45) is 3.93. The van der Waals surface area contributed by atoms with Gasteiger partial charge in [0.15, 0.2) is 0 Å². The van der Waals surface area contributed by atoms with Gasteiger partial charge in [-0.3, -0.25) is 0 Å². The molecular weight excluding hydrogens is 240 g/mol. The van der Waals surface area contributed by atoms with E-state index >= 15 is 0 Å². The summed E-state index contributed by atoms with van der Waals surface area (Å²) in [6.45, 7) is 2.92. The van der Waals surface area contributed by atoms with Gasteiger partial charge in [-0.05, 0) is 37.0 Å². The minimum atomic E-state index is -0.234. The van der Waals surface area contributed by atoms with Crippen molar-refractivity contribution in [2.45, 2.75) is 31.8 Å². The Labute approximate surface area is 115 Å². The van der Waals surface area contributed by atoms with Gasteiger partial charge in [-0.2, -0.15) is 0 Å². The Bertz CT molecular complexity index is 357. The number of anilines is 1. The van der Waals surface area contributed by atoms with Crippen LogP contribution in [0.15, 0.2) is 24.3 Å². The van der Waals surface area contributed by atoms with E-state index in [0.717, 1.165) is 13.1 Å². The molecule has 1 fully saturated rings. The molecule has 4 nitrogen and oxygen atoms in total. The Hall–Kier alpha value is -1.10. The van der Waals surface area contributed by atoms with Crippen molar-refractivity contribution >= 4 is 5.69 Å². The van der Waals surface area contributed by atoms with Gasteiger partial charge < -0.3 is 20.4 Å². The van der Waals surface area contributed by atoms with Crippen LogP contribution in [0.3, 0.4) is 0 Å². The maximum absolute atomic E-state index is 8.99. The molecule has 0 bridgehead atoms. The molecule has 1 heterocycles. The van der Waals surface area contributed by atoms with Crippen molar-refractivity contribution in [3.63, 3.8) is 0 Å². The Morgan fingerprint density at radius 1 is 1.00 bits per heavy atom. The van der Waals surface area contributed by atoms with Crippen LogP contribution in [0.25, 0.3) is 0 Å². The molecule has 2 rings (SSSR count). The molecular formula is C15H24N2O2. The van der Waals surface area contributed by atoms with Crippen molar-refractivity contribution in [1.29, 1.82) is 0 Å². The molecule has 0 atom stereocenters. The van der Waals surface area contributed by atoms with Gasteiger partial charge in [0.25, 0.3) is 0 Å². The molecule has 1 aromatic carbocycles. The lowest BCUT2D eigenvalue weighted by Crippen LogP contribution is -2.35. The van der Waals surface area contributed by atoms with E-state index in [2.05, 4.69) is 34.5 Å². The normalized spacial score (nSPS) is 16.1. The van der Waals surface area contributed by atoms with Crippen LogP contribution in [0.4, 0.5) is 5.69 Å². The van der Waals surface area contributed by atoms with Gasteiger partial charge in [-0.25, -0.2) is 0 Å². The van der Waals surface area contributed by atoms with Crippen molar-refractivity contribution in [1.82, 2.24) is 5.32 Å². The van der Waals surface area contributed by atoms with Gasteiger partial charge in [-0.1, -0.05) is 12.1 Å². The number of piperidine rings is 1. The summed E-state index contributed by atoms with van der Waals surface area (Å²) in [5.41, 5.74) is 2.47.